The largest absolute Gasteiger partial charge is 0.393 e. The Balaban J connectivity index is 2.37. The van der Waals surface area contributed by atoms with Crippen LogP contribution in [0.15, 0.2) is 47.4 Å². The number of hydrogen-bond acceptors (Lipinski definition) is 5. The van der Waals surface area contributed by atoms with E-state index in [1.165, 1.54) is 24.3 Å². The normalized spacial score (nSPS) is 12.0. The van der Waals surface area contributed by atoms with Crippen molar-refractivity contribution in [3.05, 3.63) is 58.1 Å². The molecule has 0 fully saturated rings. The summed E-state index contributed by atoms with van der Waals surface area (Å²) in [6.45, 7) is 0. The summed E-state index contributed by atoms with van der Waals surface area (Å²) in [5.74, 6) is 0. The number of anilines is 2. The van der Waals surface area contributed by atoms with Crippen molar-refractivity contribution in [2.24, 2.45) is 5.14 Å². The van der Waals surface area contributed by atoms with Crippen molar-refractivity contribution in [1.29, 1.82) is 0 Å². The molecule has 0 saturated heterocycles. The third-order valence-corrected chi connectivity index (χ3v) is 4.02. The van der Waals surface area contributed by atoms with E-state index in [9.17, 15) is 31.7 Å². The summed E-state index contributed by atoms with van der Waals surface area (Å²) >= 11 is 0. The summed E-state index contributed by atoms with van der Waals surface area (Å²) in [5, 5.41) is 18.7. The lowest BCUT2D eigenvalue weighted by molar-refractivity contribution is -0.384. The molecule has 0 aliphatic rings. The van der Waals surface area contributed by atoms with Gasteiger partial charge in [0.05, 0.1) is 16.2 Å². The summed E-state index contributed by atoms with van der Waals surface area (Å²) in [4.78, 5) is 9.86. The van der Waals surface area contributed by atoms with Gasteiger partial charge in [0.15, 0.2) is 0 Å². The molecule has 0 atom stereocenters. The Labute approximate surface area is 140 Å². The van der Waals surface area contributed by atoms with Gasteiger partial charge >= 0.3 is 6.18 Å². The number of nitro benzene ring substituents is 1. The van der Waals surface area contributed by atoms with Gasteiger partial charge < -0.3 is 5.32 Å². The maximum atomic E-state index is 12.4. The minimum Gasteiger partial charge on any atom is -0.350 e. The molecule has 3 N–H and O–H groups in total. The number of halogens is 3. The molecule has 2 rings (SSSR count). The van der Waals surface area contributed by atoms with Gasteiger partial charge in [-0.3, -0.25) is 10.1 Å². The number of nitrogens with zero attached hydrogens (tertiary/aromatic N) is 1. The minimum absolute atomic E-state index is 0.0266. The van der Waals surface area contributed by atoms with Crippen LogP contribution in [0.25, 0.3) is 0 Å². The van der Waals surface area contributed by atoms with Gasteiger partial charge in [-0.1, -0.05) is 12.1 Å². The number of alkyl halides is 3. The standard InChI is InChI=1S/C14H12F3N3O4S/c15-14(16,17)8-9-2-1-3-10(6-9)19-12-5-4-11(25(18,23)24)7-13(12)20(21)22/h1-7,19H,8H2,(H2,18,23,24). The molecule has 0 heterocycles. The van der Waals surface area contributed by atoms with E-state index in [1.54, 1.807) is 0 Å². The van der Waals surface area contributed by atoms with Crippen molar-refractivity contribution < 1.29 is 26.5 Å². The van der Waals surface area contributed by atoms with Gasteiger partial charge in [-0.15, -0.1) is 0 Å². The number of nitrogens with two attached hydrogens (primary N) is 1. The molecule has 0 radical (unpaired) electrons. The summed E-state index contributed by atoms with van der Waals surface area (Å²) in [6, 6.07) is 8.23. The fourth-order valence-electron chi connectivity index (χ4n) is 2.09. The average Bonchev–Trinajstić information content (AvgIpc) is 2.44. The number of sulfonamides is 1. The van der Waals surface area contributed by atoms with Crippen molar-refractivity contribution >= 4 is 27.1 Å². The van der Waals surface area contributed by atoms with Crippen LogP contribution < -0.4 is 10.5 Å². The van der Waals surface area contributed by atoms with Crippen LogP contribution in [0.4, 0.5) is 30.2 Å². The number of nitro groups is 1. The van der Waals surface area contributed by atoms with E-state index in [2.05, 4.69) is 5.32 Å². The highest BCUT2D eigenvalue weighted by molar-refractivity contribution is 7.89. The van der Waals surface area contributed by atoms with Gasteiger partial charge in [0.25, 0.3) is 5.69 Å². The molecule has 0 aromatic heterocycles. The maximum Gasteiger partial charge on any atom is 0.393 e. The summed E-state index contributed by atoms with van der Waals surface area (Å²) < 4.78 is 59.9. The molecule has 134 valence electrons. The fraction of sp³-hybridized carbons (Fsp3) is 0.143. The molecule has 25 heavy (non-hydrogen) atoms. The van der Waals surface area contributed by atoms with Crippen molar-refractivity contribution in [2.75, 3.05) is 5.32 Å². The highest BCUT2D eigenvalue weighted by atomic mass is 32.2. The van der Waals surface area contributed by atoms with Gasteiger partial charge in [-0.05, 0) is 29.8 Å². The van der Waals surface area contributed by atoms with E-state index in [-0.39, 0.29) is 16.9 Å². The van der Waals surface area contributed by atoms with Gasteiger partial charge in [-0.25, -0.2) is 13.6 Å². The third kappa shape index (κ3) is 5.16. The first-order valence-electron chi connectivity index (χ1n) is 6.70. The highest BCUT2D eigenvalue weighted by Crippen LogP contribution is 2.31. The van der Waals surface area contributed by atoms with Gasteiger partial charge in [-0.2, -0.15) is 13.2 Å². The maximum absolute atomic E-state index is 12.4. The minimum atomic E-state index is -4.39. The zero-order chi connectivity index (χ0) is 18.8. The second-order valence-corrected chi connectivity index (χ2v) is 6.66. The quantitative estimate of drug-likeness (QED) is 0.615. The lowest BCUT2D eigenvalue weighted by atomic mass is 10.1. The molecule has 0 aliphatic carbocycles. The Morgan fingerprint density at radius 1 is 1.16 bits per heavy atom. The molecule has 0 spiro atoms. The van der Waals surface area contributed by atoms with Crippen LogP contribution in [0.5, 0.6) is 0 Å². The lowest BCUT2D eigenvalue weighted by Crippen LogP contribution is -2.12. The van der Waals surface area contributed by atoms with Crippen molar-refractivity contribution in [3.8, 4) is 0 Å². The lowest BCUT2D eigenvalue weighted by Gasteiger charge is -2.11. The first-order chi connectivity index (χ1) is 11.5. The van der Waals surface area contributed by atoms with Gasteiger partial charge in [0.2, 0.25) is 10.0 Å². The Bertz CT molecular complexity index is 914. The predicted molar refractivity (Wildman–Crippen MR) is 84.0 cm³/mol. The van der Waals surface area contributed by atoms with Crippen LogP contribution in [0.2, 0.25) is 0 Å². The van der Waals surface area contributed by atoms with Crippen LogP contribution in [0.3, 0.4) is 0 Å². The van der Waals surface area contributed by atoms with Crippen LogP contribution in [-0.4, -0.2) is 19.5 Å². The first-order valence-corrected chi connectivity index (χ1v) is 8.24. The van der Waals surface area contributed by atoms with Crippen LogP contribution in [0, 0.1) is 10.1 Å². The van der Waals surface area contributed by atoms with Crippen molar-refractivity contribution in [1.82, 2.24) is 0 Å². The Kier molecular flexibility index (Phi) is 4.99. The van der Waals surface area contributed by atoms with Crippen molar-refractivity contribution in [3.63, 3.8) is 0 Å². The second kappa shape index (κ2) is 6.69. The van der Waals surface area contributed by atoms with Gasteiger partial charge in [0, 0.05) is 11.8 Å². The monoisotopic (exact) mass is 375 g/mol. The van der Waals surface area contributed by atoms with E-state index < -0.39 is 38.1 Å². The van der Waals surface area contributed by atoms with E-state index in [1.807, 2.05) is 0 Å². The Hall–Kier alpha value is -2.66. The molecule has 0 amide bonds. The zero-order valence-corrected chi connectivity index (χ0v) is 13.3. The van der Waals surface area contributed by atoms with E-state index in [4.69, 9.17) is 5.14 Å². The zero-order valence-electron chi connectivity index (χ0n) is 12.4. The number of primary sulfonamides is 1. The second-order valence-electron chi connectivity index (χ2n) is 5.10. The molecule has 2 aromatic carbocycles. The molecular weight excluding hydrogens is 363 g/mol. The molecule has 0 aliphatic heterocycles. The van der Waals surface area contributed by atoms with E-state index >= 15 is 0 Å². The fourth-order valence-corrected chi connectivity index (χ4v) is 2.62. The van der Waals surface area contributed by atoms with Crippen LogP contribution in [0.1, 0.15) is 5.56 Å². The molecule has 0 saturated carbocycles. The Morgan fingerprint density at radius 3 is 2.40 bits per heavy atom. The molecule has 0 bridgehead atoms. The molecule has 11 heteroatoms. The summed E-state index contributed by atoms with van der Waals surface area (Å²) in [6.07, 6.45) is -5.53. The van der Waals surface area contributed by atoms with E-state index in [0.29, 0.717) is 0 Å². The first kappa shape index (κ1) is 18.7. The van der Waals surface area contributed by atoms with Crippen molar-refractivity contribution in [2.45, 2.75) is 17.5 Å². The van der Waals surface area contributed by atoms with E-state index in [0.717, 1.165) is 18.2 Å². The summed E-state index contributed by atoms with van der Waals surface area (Å²) in [7, 11) is -4.13. The molecular formula is C14H12F3N3O4S. The topological polar surface area (TPSA) is 115 Å². The van der Waals surface area contributed by atoms with Gasteiger partial charge in [0.1, 0.15) is 5.69 Å². The number of rotatable bonds is 5. The smallest absolute Gasteiger partial charge is 0.350 e. The number of hydrogen-bond donors (Lipinski definition) is 2. The molecule has 0 unspecified atom stereocenters. The number of nitrogens with one attached hydrogen (secondary N) is 1. The molecule has 2 aromatic rings. The third-order valence-electron chi connectivity index (χ3n) is 3.10. The Morgan fingerprint density at radius 2 is 1.84 bits per heavy atom. The highest BCUT2D eigenvalue weighted by Gasteiger charge is 2.27. The average molecular weight is 375 g/mol. The predicted octanol–water partition coefficient (Wildman–Crippen LogP) is 3.09. The van der Waals surface area contributed by atoms with Crippen LogP contribution in [-0.2, 0) is 16.4 Å². The molecule has 7 nitrogen and oxygen atoms in total. The number of benzene rings is 2. The van der Waals surface area contributed by atoms with Crippen LogP contribution >= 0.6 is 0 Å². The summed E-state index contributed by atoms with van der Waals surface area (Å²) in [5.41, 5.74) is -0.496. The SMILES string of the molecule is NS(=O)(=O)c1ccc(Nc2cccc(CC(F)(F)F)c2)c([N+](=O)[O-])c1.